The number of benzene rings is 1. The van der Waals surface area contributed by atoms with Gasteiger partial charge in [0.1, 0.15) is 11.0 Å². The van der Waals surface area contributed by atoms with Crippen LogP contribution in [0.2, 0.25) is 0 Å². The smallest absolute Gasteiger partial charge is 0.113 e. The normalized spacial score (nSPS) is 25.8. The molecule has 1 aromatic carbocycles. The molecule has 0 spiro atoms. The van der Waals surface area contributed by atoms with Gasteiger partial charge >= 0.3 is 0 Å². The fourth-order valence-electron chi connectivity index (χ4n) is 2.73. The van der Waals surface area contributed by atoms with Crippen LogP contribution in [0.1, 0.15) is 18.0 Å². The molecule has 0 aliphatic carbocycles. The molecule has 2 heterocycles. The molecule has 0 bridgehead atoms. The zero-order chi connectivity index (χ0) is 11.8. The van der Waals surface area contributed by atoms with Gasteiger partial charge in [-0.2, -0.15) is 15.4 Å². The lowest BCUT2D eigenvalue weighted by Crippen LogP contribution is -2.20. The Bertz CT molecular complexity index is 520. The van der Waals surface area contributed by atoms with Gasteiger partial charge in [-0.25, -0.2) is 0 Å². The Kier molecular flexibility index (Phi) is 2.57. The first kappa shape index (κ1) is 10.7. The van der Waals surface area contributed by atoms with Crippen LogP contribution < -0.4 is 5.73 Å². The summed E-state index contributed by atoms with van der Waals surface area (Å²) < 4.78 is 0. The van der Waals surface area contributed by atoms with Crippen molar-refractivity contribution in [3.05, 3.63) is 23.8 Å². The van der Waals surface area contributed by atoms with Crippen LogP contribution >= 0.6 is 0 Å². The average molecular weight is 231 g/mol. The molecule has 90 valence electrons. The lowest BCUT2D eigenvalue weighted by molar-refractivity contribution is 0.314. The average Bonchev–Trinajstić information content (AvgIpc) is 2.93. The van der Waals surface area contributed by atoms with Crippen molar-refractivity contribution < 1.29 is 0 Å². The number of nitrogens with two attached hydrogens (primary N) is 1. The maximum atomic E-state index is 5.76. The molecule has 1 saturated heterocycles. The van der Waals surface area contributed by atoms with Gasteiger partial charge in [0.05, 0.1) is 0 Å². The largest absolute Gasteiger partial charge is 0.330 e. The van der Waals surface area contributed by atoms with Crippen molar-refractivity contribution in [2.75, 3.05) is 20.1 Å². The molecule has 5 nitrogen and oxygen atoms in total. The minimum absolute atomic E-state index is 0.463. The highest BCUT2D eigenvalue weighted by Crippen LogP contribution is 2.34. The molecule has 2 atom stereocenters. The summed E-state index contributed by atoms with van der Waals surface area (Å²) in [6.45, 7) is 1.85. The zero-order valence-electron chi connectivity index (χ0n) is 9.93. The van der Waals surface area contributed by atoms with Crippen molar-refractivity contribution in [1.29, 1.82) is 0 Å². The van der Waals surface area contributed by atoms with E-state index in [-0.39, 0.29) is 0 Å². The number of nitrogens with zero attached hydrogens (tertiary/aromatic N) is 3. The van der Waals surface area contributed by atoms with Crippen LogP contribution in [0.5, 0.6) is 0 Å². The summed E-state index contributed by atoms with van der Waals surface area (Å²) in [5.74, 6) is 0.609. The molecule has 2 aromatic rings. The molecular formula is C12H17N5. The topological polar surface area (TPSA) is 70.8 Å². The molecule has 1 aliphatic heterocycles. The molecule has 3 N–H and O–H groups in total. The Morgan fingerprint density at radius 3 is 3.00 bits per heavy atom. The van der Waals surface area contributed by atoms with Gasteiger partial charge in [0.2, 0.25) is 0 Å². The number of likely N-dealkylation sites (tertiary alicyclic amines) is 1. The monoisotopic (exact) mass is 231 g/mol. The molecule has 2 unspecified atom stereocenters. The summed E-state index contributed by atoms with van der Waals surface area (Å²) in [5, 5.41) is 10.9. The lowest BCUT2D eigenvalue weighted by atomic mass is 9.99. The first-order chi connectivity index (χ1) is 8.28. The Morgan fingerprint density at radius 1 is 1.41 bits per heavy atom. The summed E-state index contributed by atoms with van der Waals surface area (Å²) in [6.07, 6.45) is 1.14. The first-order valence-electron chi connectivity index (χ1n) is 5.98. The third-order valence-electron chi connectivity index (χ3n) is 3.69. The van der Waals surface area contributed by atoms with E-state index in [1.165, 1.54) is 5.56 Å². The van der Waals surface area contributed by atoms with Crippen LogP contribution in [-0.4, -0.2) is 40.4 Å². The van der Waals surface area contributed by atoms with E-state index in [4.69, 9.17) is 5.73 Å². The van der Waals surface area contributed by atoms with Gasteiger partial charge in [-0.3, -0.25) is 4.90 Å². The highest BCUT2D eigenvalue weighted by molar-refractivity contribution is 5.74. The molecule has 0 saturated carbocycles. The number of H-pyrrole nitrogens is 1. The summed E-state index contributed by atoms with van der Waals surface area (Å²) in [7, 11) is 2.16. The number of hydrogen-bond acceptors (Lipinski definition) is 4. The standard InChI is InChI=1S/C12H17N5/c1-17-7-8(6-13)4-12(17)9-2-3-10-11(5-9)15-16-14-10/h2-3,5,8,12H,4,6-7,13H2,1H3,(H,14,15,16). The molecule has 1 aliphatic rings. The van der Waals surface area contributed by atoms with Gasteiger partial charge in [0.25, 0.3) is 0 Å². The Balaban J connectivity index is 1.92. The van der Waals surface area contributed by atoms with Gasteiger partial charge in [0.15, 0.2) is 0 Å². The van der Waals surface area contributed by atoms with Crippen molar-refractivity contribution in [3.63, 3.8) is 0 Å². The number of fused-ring (bicyclic) bond motifs is 1. The second kappa shape index (κ2) is 4.09. The molecule has 0 radical (unpaired) electrons. The van der Waals surface area contributed by atoms with Crippen molar-refractivity contribution in [1.82, 2.24) is 20.3 Å². The molecule has 3 rings (SSSR count). The summed E-state index contributed by atoms with van der Waals surface area (Å²) in [4.78, 5) is 2.37. The molecular weight excluding hydrogens is 214 g/mol. The first-order valence-corrected chi connectivity index (χ1v) is 5.98. The summed E-state index contributed by atoms with van der Waals surface area (Å²) in [6, 6.07) is 6.76. The van der Waals surface area contributed by atoms with Crippen molar-refractivity contribution in [3.8, 4) is 0 Å². The molecule has 0 amide bonds. The van der Waals surface area contributed by atoms with Crippen LogP contribution in [-0.2, 0) is 0 Å². The Hall–Kier alpha value is -1.46. The molecule has 17 heavy (non-hydrogen) atoms. The van der Waals surface area contributed by atoms with Crippen molar-refractivity contribution in [2.45, 2.75) is 12.5 Å². The fraction of sp³-hybridized carbons (Fsp3) is 0.500. The van der Waals surface area contributed by atoms with Gasteiger partial charge in [-0.05, 0) is 43.6 Å². The number of aromatic amines is 1. The maximum absolute atomic E-state index is 5.76. The highest BCUT2D eigenvalue weighted by atomic mass is 15.3. The van der Waals surface area contributed by atoms with E-state index in [0.29, 0.717) is 12.0 Å². The van der Waals surface area contributed by atoms with Crippen molar-refractivity contribution in [2.24, 2.45) is 11.7 Å². The predicted octanol–water partition coefficient (Wildman–Crippen LogP) is 0.909. The predicted molar refractivity (Wildman–Crippen MR) is 66.4 cm³/mol. The minimum Gasteiger partial charge on any atom is -0.330 e. The number of nitrogens with one attached hydrogen (secondary N) is 1. The second-order valence-electron chi connectivity index (χ2n) is 4.86. The lowest BCUT2D eigenvalue weighted by Gasteiger charge is -2.19. The molecule has 1 fully saturated rings. The van der Waals surface area contributed by atoms with Gasteiger partial charge in [-0.1, -0.05) is 6.07 Å². The maximum Gasteiger partial charge on any atom is 0.113 e. The van der Waals surface area contributed by atoms with E-state index in [0.717, 1.165) is 30.5 Å². The van der Waals surface area contributed by atoms with E-state index in [1.54, 1.807) is 0 Å². The quantitative estimate of drug-likeness (QED) is 0.806. The minimum atomic E-state index is 0.463. The van der Waals surface area contributed by atoms with E-state index >= 15 is 0 Å². The van der Waals surface area contributed by atoms with Gasteiger partial charge < -0.3 is 5.73 Å². The fourth-order valence-corrected chi connectivity index (χ4v) is 2.73. The van der Waals surface area contributed by atoms with Crippen LogP contribution in [0.4, 0.5) is 0 Å². The van der Waals surface area contributed by atoms with E-state index in [2.05, 4.69) is 39.5 Å². The molecule has 5 heteroatoms. The molecule has 1 aromatic heterocycles. The number of rotatable bonds is 2. The third kappa shape index (κ3) is 1.81. The zero-order valence-corrected chi connectivity index (χ0v) is 9.93. The van der Waals surface area contributed by atoms with E-state index in [1.807, 2.05) is 6.07 Å². The summed E-state index contributed by atoms with van der Waals surface area (Å²) in [5.41, 5.74) is 8.92. The van der Waals surface area contributed by atoms with Crippen LogP contribution in [0.3, 0.4) is 0 Å². The van der Waals surface area contributed by atoms with E-state index in [9.17, 15) is 0 Å². The van der Waals surface area contributed by atoms with Crippen LogP contribution in [0.15, 0.2) is 18.2 Å². The Morgan fingerprint density at radius 2 is 2.24 bits per heavy atom. The second-order valence-corrected chi connectivity index (χ2v) is 4.86. The third-order valence-corrected chi connectivity index (χ3v) is 3.69. The van der Waals surface area contributed by atoms with Gasteiger partial charge in [-0.15, -0.1) is 0 Å². The number of aromatic nitrogens is 3. The highest BCUT2D eigenvalue weighted by Gasteiger charge is 2.29. The Labute approximate surface area is 100.0 Å². The van der Waals surface area contributed by atoms with Gasteiger partial charge in [0, 0.05) is 12.6 Å². The van der Waals surface area contributed by atoms with Crippen LogP contribution in [0.25, 0.3) is 11.0 Å². The van der Waals surface area contributed by atoms with Crippen molar-refractivity contribution >= 4 is 11.0 Å². The summed E-state index contributed by atoms with van der Waals surface area (Å²) >= 11 is 0. The SMILES string of the molecule is CN1CC(CN)CC1c1ccc2n[nH]nc2c1. The van der Waals surface area contributed by atoms with E-state index < -0.39 is 0 Å². The van der Waals surface area contributed by atoms with Crippen LogP contribution in [0, 0.1) is 5.92 Å². The number of hydrogen-bond donors (Lipinski definition) is 2.